The first-order chi connectivity index (χ1) is 6.34. The molecule has 0 heterocycles. The molecule has 0 saturated heterocycles. The van der Waals surface area contributed by atoms with Crippen molar-refractivity contribution in [1.29, 1.82) is 0 Å². The molecule has 0 amide bonds. The van der Waals surface area contributed by atoms with Crippen LogP contribution >= 0.6 is 0 Å². The zero-order valence-electron chi connectivity index (χ0n) is 9.59. The normalized spacial score (nSPS) is 6.64. The smallest absolute Gasteiger partial charge is 0.0233 e. The van der Waals surface area contributed by atoms with Crippen molar-refractivity contribution in [2.75, 3.05) is 0 Å². The van der Waals surface area contributed by atoms with E-state index in [1.807, 2.05) is 45.9 Å². The minimum atomic E-state index is 0. The summed E-state index contributed by atoms with van der Waals surface area (Å²) in [5, 5.41) is 0. The average molecular weight is 194 g/mol. The van der Waals surface area contributed by atoms with Gasteiger partial charge in [0.2, 0.25) is 0 Å². The Morgan fingerprint density at radius 3 is 1.71 bits per heavy atom. The molecule has 82 valence electrons. The Bertz CT molecular complexity index is 211. The van der Waals surface area contributed by atoms with Crippen molar-refractivity contribution >= 4 is 6.08 Å². The Hall–Kier alpha value is -1.04. The van der Waals surface area contributed by atoms with E-state index in [1.54, 1.807) is 0 Å². The largest absolute Gasteiger partial charge is 0.0985 e. The summed E-state index contributed by atoms with van der Waals surface area (Å²) in [5.41, 5.74) is 2.50. The predicted molar refractivity (Wildman–Crippen MR) is 70.7 cm³/mol. The Morgan fingerprint density at radius 2 is 1.43 bits per heavy atom. The summed E-state index contributed by atoms with van der Waals surface area (Å²) in [5.74, 6) is 0. The summed E-state index contributed by atoms with van der Waals surface area (Å²) in [6.45, 7) is 13.8. The van der Waals surface area contributed by atoms with Gasteiger partial charge in [0, 0.05) is 0 Å². The lowest BCUT2D eigenvalue weighted by Crippen LogP contribution is -1.75. The summed E-state index contributed by atoms with van der Waals surface area (Å²) in [4.78, 5) is 0. The molecule has 14 heavy (non-hydrogen) atoms. The molecule has 0 bridgehead atoms. The molecule has 0 saturated carbocycles. The molecule has 0 atom stereocenters. The Labute approximate surface area is 90.7 Å². The highest BCUT2D eigenvalue weighted by Crippen LogP contribution is 2.06. The van der Waals surface area contributed by atoms with Crippen LogP contribution in [0.2, 0.25) is 0 Å². The predicted octanol–water partition coefficient (Wildman–Crippen LogP) is 5.33. The molecule has 1 aromatic carbocycles. The summed E-state index contributed by atoms with van der Waals surface area (Å²) < 4.78 is 0. The molecule has 0 radical (unpaired) electrons. The van der Waals surface area contributed by atoms with Crippen LogP contribution in [-0.4, -0.2) is 0 Å². The molecular formula is C14H26. The summed E-state index contributed by atoms with van der Waals surface area (Å²) in [6.07, 6.45) is 1.87. The van der Waals surface area contributed by atoms with Gasteiger partial charge in [-0.05, 0) is 18.1 Å². The molecule has 1 rings (SSSR count). The minimum absolute atomic E-state index is 0. The van der Waals surface area contributed by atoms with Crippen LogP contribution < -0.4 is 0 Å². The van der Waals surface area contributed by atoms with Crippen molar-refractivity contribution < 1.29 is 0 Å². The first-order valence-corrected chi connectivity index (χ1v) is 5.02. The molecule has 0 aromatic heterocycles. The lowest BCUT2D eigenvalue weighted by atomic mass is 10.1. The highest BCUT2D eigenvalue weighted by molar-refractivity contribution is 5.50. The van der Waals surface area contributed by atoms with Crippen molar-refractivity contribution in [2.24, 2.45) is 0 Å². The van der Waals surface area contributed by atoms with Gasteiger partial charge in [-0.3, -0.25) is 0 Å². The van der Waals surface area contributed by atoms with Gasteiger partial charge in [-0.15, -0.1) is 0 Å². The SMILES string of the molecule is C.C=Cc1ccccc1C.CC.CC. The maximum absolute atomic E-state index is 3.69. The van der Waals surface area contributed by atoms with E-state index in [4.69, 9.17) is 0 Å². The van der Waals surface area contributed by atoms with Gasteiger partial charge in [-0.25, -0.2) is 0 Å². The lowest BCUT2D eigenvalue weighted by Gasteiger charge is -1.95. The van der Waals surface area contributed by atoms with E-state index in [1.165, 1.54) is 11.1 Å². The monoisotopic (exact) mass is 194 g/mol. The maximum atomic E-state index is 3.69. The van der Waals surface area contributed by atoms with Crippen molar-refractivity contribution in [1.82, 2.24) is 0 Å². The fraction of sp³-hybridized carbons (Fsp3) is 0.429. The summed E-state index contributed by atoms with van der Waals surface area (Å²) >= 11 is 0. The molecule has 0 unspecified atom stereocenters. The Kier molecular flexibility index (Phi) is 19.3. The van der Waals surface area contributed by atoms with Crippen LogP contribution in [0.5, 0.6) is 0 Å². The zero-order valence-corrected chi connectivity index (χ0v) is 9.59. The molecule has 0 aliphatic rings. The van der Waals surface area contributed by atoms with Crippen LogP contribution in [0.1, 0.15) is 46.2 Å². The molecule has 1 aromatic rings. The van der Waals surface area contributed by atoms with Gasteiger partial charge in [0.05, 0.1) is 0 Å². The highest BCUT2D eigenvalue weighted by Gasteiger charge is 1.86. The van der Waals surface area contributed by atoms with Gasteiger partial charge < -0.3 is 0 Å². The fourth-order valence-corrected chi connectivity index (χ4v) is 0.816. The van der Waals surface area contributed by atoms with E-state index < -0.39 is 0 Å². The third-order valence-corrected chi connectivity index (χ3v) is 1.41. The average Bonchev–Trinajstić information content (AvgIpc) is 2.24. The second-order valence-corrected chi connectivity index (χ2v) is 2.06. The van der Waals surface area contributed by atoms with E-state index in [0.29, 0.717) is 0 Å². The van der Waals surface area contributed by atoms with Crippen molar-refractivity contribution in [3.05, 3.63) is 42.0 Å². The van der Waals surface area contributed by atoms with E-state index in [2.05, 4.69) is 25.6 Å². The number of hydrogen-bond acceptors (Lipinski definition) is 0. The maximum Gasteiger partial charge on any atom is -0.0233 e. The minimum Gasteiger partial charge on any atom is -0.0985 e. The van der Waals surface area contributed by atoms with E-state index >= 15 is 0 Å². The van der Waals surface area contributed by atoms with Gasteiger partial charge in [0.15, 0.2) is 0 Å². The number of hydrogen-bond donors (Lipinski definition) is 0. The van der Waals surface area contributed by atoms with Crippen molar-refractivity contribution in [3.8, 4) is 0 Å². The molecule has 0 fully saturated rings. The second-order valence-electron chi connectivity index (χ2n) is 2.06. The molecule has 0 spiro atoms. The molecule has 0 aliphatic carbocycles. The molecule has 0 nitrogen and oxygen atoms in total. The summed E-state index contributed by atoms with van der Waals surface area (Å²) in [6, 6.07) is 8.19. The van der Waals surface area contributed by atoms with Crippen LogP contribution in [0.15, 0.2) is 30.8 Å². The van der Waals surface area contributed by atoms with Crippen LogP contribution in [-0.2, 0) is 0 Å². The van der Waals surface area contributed by atoms with E-state index in [9.17, 15) is 0 Å². The van der Waals surface area contributed by atoms with Gasteiger partial charge in [-0.2, -0.15) is 0 Å². The van der Waals surface area contributed by atoms with E-state index in [0.717, 1.165) is 0 Å². The Morgan fingerprint density at radius 1 is 1.00 bits per heavy atom. The quantitative estimate of drug-likeness (QED) is 0.567. The van der Waals surface area contributed by atoms with Crippen molar-refractivity contribution in [2.45, 2.75) is 42.0 Å². The van der Waals surface area contributed by atoms with Gasteiger partial charge in [-0.1, -0.05) is 72.0 Å². The molecular weight excluding hydrogens is 168 g/mol. The first kappa shape index (κ1) is 18.7. The molecule has 0 heteroatoms. The molecule has 0 N–H and O–H groups in total. The lowest BCUT2D eigenvalue weighted by molar-refractivity contribution is 1.45. The second kappa shape index (κ2) is 14.5. The van der Waals surface area contributed by atoms with Gasteiger partial charge in [0.25, 0.3) is 0 Å². The van der Waals surface area contributed by atoms with Crippen LogP contribution in [0.4, 0.5) is 0 Å². The van der Waals surface area contributed by atoms with Crippen LogP contribution in [0.3, 0.4) is 0 Å². The Balaban J connectivity index is -0.000000216. The van der Waals surface area contributed by atoms with Crippen molar-refractivity contribution in [3.63, 3.8) is 0 Å². The van der Waals surface area contributed by atoms with Crippen LogP contribution in [0, 0.1) is 6.92 Å². The standard InChI is InChI=1S/C9H10.2C2H6.CH4/c1-3-9-7-5-4-6-8(9)2;2*1-2;/h3-7H,1H2,2H3;2*1-2H3;1H4. The number of aryl methyl sites for hydroxylation is 1. The van der Waals surface area contributed by atoms with E-state index in [-0.39, 0.29) is 7.43 Å². The third kappa shape index (κ3) is 7.60. The first-order valence-electron chi connectivity index (χ1n) is 5.02. The zero-order chi connectivity index (χ0) is 10.7. The van der Waals surface area contributed by atoms with Gasteiger partial charge in [0.1, 0.15) is 0 Å². The summed E-state index contributed by atoms with van der Waals surface area (Å²) in [7, 11) is 0. The van der Waals surface area contributed by atoms with Crippen LogP contribution in [0.25, 0.3) is 6.08 Å². The number of benzene rings is 1. The highest BCUT2D eigenvalue weighted by atomic mass is 13.9. The topological polar surface area (TPSA) is 0 Å². The molecule has 0 aliphatic heterocycles. The fourth-order valence-electron chi connectivity index (χ4n) is 0.816. The third-order valence-electron chi connectivity index (χ3n) is 1.41. The number of rotatable bonds is 1. The van der Waals surface area contributed by atoms with Gasteiger partial charge >= 0.3 is 0 Å².